The zero-order valence-corrected chi connectivity index (χ0v) is 29.1. The van der Waals surface area contributed by atoms with Gasteiger partial charge in [0.15, 0.2) is 16.6 Å². The number of carbonyl (C=O) groups is 5. The number of carbonyl (C=O) groups excluding carboxylic acids is 3. The maximum atomic E-state index is 13.5. The van der Waals surface area contributed by atoms with Crippen LogP contribution in [0.4, 0.5) is 15.6 Å². The summed E-state index contributed by atoms with van der Waals surface area (Å²) >= 11 is 2.00. The number of aliphatic carboxylic acids is 1. The molecule has 0 bridgehead atoms. The van der Waals surface area contributed by atoms with E-state index >= 15 is 0 Å². The van der Waals surface area contributed by atoms with E-state index < -0.39 is 103 Å². The van der Waals surface area contributed by atoms with Crippen LogP contribution in [0.3, 0.4) is 0 Å². The molecule has 2 aliphatic heterocycles. The fourth-order valence-electron chi connectivity index (χ4n) is 5.19. The molecule has 2 aromatic heterocycles. The second kappa shape index (κ2) is 14.3. The molecule has 24 heteroatoms. The van der Waals surface area contributed by atoms with Crippen LogP contribution in [0.1, 0.15) is 43.2 Å². The number of aromatic hydroxyl groups is 2. The predicted molar refractivity (Wildman–Crippen MR) is 183 cm³/mol. The minimum absolute atomic E-state index is 0.0449. The summed E-state index contributed by atoms with van der Waals surface area (Å²) in [5.41, 5.74) is 0.138. The quantitative estimate of drug-likeness (QED) is 0.0317. The van der Waals surface area contributed by atoms with Crippen LogP contribution in [0.2, 0.25) is 0 Å². The number of fused-ring (bicyclic) bond motifs is 2. The standard InChI is InChI=1S/C29H28N8O14S2/c1-4-11(32-21(41)9-6-31-12-5-14(38)20(40)18(37(48)49)15(12)19(9)39)10-7-52-25-17(23(43)36(25)24(10)50-28(46)47)34-22(42)16(13-8-53-27(30)33-13)35-51-29(2,3)26(44)45/h5-6,8,11,17,25,38,40H,4,7H2,1-3H3,(H2,30,33)(H,31,39)(H,32,41)(H,34,42)(H,44,45)(H,46,47)/b35-16-/t11?,17?,25-/m0/s1. The highest BCUT2D eigenvalue weighted by atomic mass is 32.2. The largest absolute Gasteiger partial charge is 0.512 e. The Labute approximate surface area is 303 Å². The van der Waals surface area contributed by atoms with E-state index in [1.54, 1.807) is 6.92 Å². The van der Waals surface area contributed by atoms with Gasteiger partial charge in [-0.05, 0) is 20.3 Å². The van der Waals surface area contributed by atoms with E-state index in [4.69, 9.17) is 15.3 Å². The molecule has 2 unspecified atom stereocenters. The first-order valence-electron chi connectivity index (χ1n) is 15.0. The second-order valence-electron chi connectivity index (χ2n) is 11.7. The van der Waals surface area contributed by atoms with Gasteiger partial charge in [0.1, 0.15) is 28.1 Å². The number of thioether (sulfide) groups is 1. The average molecular weight is 777 g/mol. The van der Waals surface area contributed by atoms with Gasteiger partial charge >= 0.3 is 17.8 Å². The Morgan fingerprint density at radius 1 is 1.26 bits per heavy atom. The number of rotatable bonds is 12. The number of nitro benzene ring substituents is 1. The zero-order chi connectivity index (χ0) is 39.1. The first-order chi connectivity index (χ1) is 24.9. The number of carboxylic acid groups (broad SMARTS) is 2. The Morgan fingerprint density at radius 2 is 1.96 bits per heavy atom. The number of hydrogen-bond acceptors (Lipinski definition) is 17. The predicted octanol–water partition coefficient (Wildman–Crippen LogP) is 0.985. The van der Waals surface area contributed by atoms with Crippen LogP contribution < -0.4 is 21.8 Å². The topological polar surface area (TPSA) is 339 Å². The van der Waals surface area contributed by atoms with Crippen LogP contribution in [-0.4, -0.2) is 105 Å². The number of phenolic OH excluding ortho intramolecular Hbond substituents is 2. The lowest BCUT2D eigenvalue weighted by Gasteiger charge is -2.49. The number of thiazole rings is 1. The van der Waals surface area contributed by atoms with E-state index in [2.05, 4.69) is 25.8 Å². The summed E-state index contributed by atoms with van der Waals surface area (Å²) in [6.07, 6.45) is -0.830. The molecule has 1 aromatic carbocycles. The first kappa shape index (κ1) is 37.8. The minimum Gasteiger partial charge on any atom is -0.504 e. The number of β-lactam (4-membered cyclic amide) rings is 1. The Balaban J connectivity index is 1.42. The Bertz CT molecular complexity index is 2210. The van der Waals surface area contributed by atoms with Crippen molar-refractivity contribution in [2.24, 2.45) is 5.16 Å². The summed E-state index contributed by atoms with van der Waals surface area (Å²) in [6, 6.07) is -1.50. The van der Waals surface area contributed by atoms with Crippen molar-refractivity contribution in [1.29, 1.82) is 0 Å². The van der Waals surface area contributed by atoms with Gasteiger partial charge in [-0.15, -0.1) is 23.1 Å². The molecule has 1 fully saturated rings. The summed E-state index contributed by atoms with van der Waals surface area (Å²) in [5.74, 6) is -6.93. The molecule has 1 saturated heterocycles. The number of nitrogen functional groups attached to an aromatic ring is 1. The summed E-state index contributed by atoms with van der Waals surface area (Å²) in [4.78, 5) is 100.0. The number of phenols is 2. The number of benzene rings is 1. The molecule has 53 heavy (non-hydrogen) atoms. The number of amides is 3. The molecule has 3 aromatic rings. The number of nitrogens with zero attached hydrogens (tertiary/aromatic N) is 4. The maximum absolute atomic E-state index is 13.5. The van der Waals surface area contributed by atoms with Crippen molar-refractivity contribution in [1.82, 2.24) is 25.5 Å². The molecule has 3 amide bonds. The molecule has 0 spiro atoms. The number of carboxylic acids is 1. The maximum Gasteiger partial charge on any atom is 0.512 e. The first-order valence-corrected chi connectivity index (χ1v) is 17.0. The molecular weight excluding hydrogens is 748 g/mol. The molecule has 22 nitrogen and oxygen atoms in total. The summed E-state index contributed by atoms with van der Waals surface area (Å²) in [6.45, 7) is 3.95. The van der Waals surface area contributed by atoms with Gasteiger partial charge in [0.25, 0.3) is 17.7 Å². The van der Waals surface area contributed by atoms with Gasteiger partial charge in [0.05, 0.1) is 16.5 Å². The van der Waals surface area contributed by atoms with Gasteiger partial charge in [0.2, 0.25) is 22.7 Å². The van der Waals surface area contributed by atoms with E-state index in [1.165, 1.54) is 19.2 Å². The third kappa shape index (κ3) is 7.08. The van der Waals surface area contributed by atoms with Gasteiger partial charge < -0.3 is 51.4 Å². The Morgan fingerprint density at radius 3 is 2.55 bits per heavy atom. The molecule has 9 N–H and O–H groups in total. The monoisotopic (exact) mass is 776 g/mol. The molecule has 4 heterocycles. The molecule has 0 saturated carbocycles. The number of oxime groups is 1. The van der Waals surface area contributed by atoms with E-state index in [1.807, 2.05) is 0 Å². The van der Waals surface area contributed by atoms with Crippen LogP contribution in [0, 0.1) is 10.1 Å². The number of nitrogens with one attached hydrogen (secondary N) is 3. The molecule has 0 aliphatic carbocycles. The molecular formula is C29H28N8O14S2. The molecule has 5 rings (SSSR count). The van der Waals surface area contributed by atoms with Crippen LogP contribution in [0.15, 0.2) is 39.0 Å². The van der Waals surface area contributed by atoms with Crippen molar-refractivity contribution in [3.8, 4) is 11.5 Å². The Hall–Kier alpha value is -6.43. The van der Waals surface area contributed by atoms with Crippen molar-refractivity contribution >= 4 is 80.4 Å². The van der Waals surface area contributed by atoms with Crippen molar-refractivity contribution in [3.05, 3.63) is 60.7 Å². The van der Waals surface area contributed by atoms with Gasteiger partial charge in [0, 0.05) is 29.0 Å². The smallest absolute Gasteiger partial charge is 0.504 e. The average Bonchev–Trinajstić information content (AvgIpc) is 3.51. The number of nitrogens with two attached hydrogens (primary N) is 1. The van der Waals surface area contributed by atoms with Crippen LogP contribution in [-0.2, 0) is 24.0 Å². The summed E-state index contributed by atoms with van der Waals surface area (Å²) < 4.78 is 5.01. The van der Waals surface area contributed by atoms with Crippen LogP contribution >= 0.6 is 23.1 Å². The number of anilines is 1. The van der Waals surface area contributed by atoms with Gasteiger partial charge in [-0.25, -0.2) is 14.6 Å². The number of H-pyrrole nitrogens is 1. The molecule has 3 atom stereocenters. The highest BCUT2D eigenvalue weighted by molar-refractivity contribution is 8.00. The number of hydrogen-bond donors (Lipinski definition) is 8. The molecule has 280 valence electrons. The summed E-state index contributed by atoms with van der Waals surface area (Å²) in [5, 5.41) is 59.0. The van der Waals surface area contributed by atoms with Gasteiger partial charge in [-0.3, -0.25) is 34.2 Å². The number of nitro groups is 1. The van der Waals surface area contributed by atoms with Crippen molar-refractivity contribution in [3.63, 3.8) is 0 Å². The fourth-order valence-corrected chi connectivity index (χ4v) is 7.14. The number of ether oxygens (including phenoxy) is 1. The normalized spacial score (nSPS) is 17.8. The van der Waals surface area contributed by atoms with E-state index in [0.29, 0.717) is 0 Å². The Kier molecular flexibility index (Phi) is 10.2. The van der Waals surface area contributed by atoms with Crippen molar-refractivity contribution in [2.45, 2.75) is 50.3 Å². The SMILES string of the molecule is CCC(NC(=O)c1c[nH]c2cc(O)c(O)c([N+](=O)[O-])c2c1=O)C1=C(OC(=O)O)N2C(=O)C(NC(=O)/C(=N\OC(C)(C)C(=O)O)c3csc(N)n3)[C@@H]2SC1. The third-order valence-electron chi connectivity index (χ3n) is 7.94. The van der Waals surface area contributed by atoms with E-state index in [-0.39, 0.29) is 34.1 Å². The molecule has 2 aliphatic rings. The second-order valence-corrected chi connectivity index (χ2v) is 13.7. The lowest BCUT2D eigenvalue weighted by atomic mass is 10.0. The highest BCUT2D eigenvalue weighted by Gasteiger charge is 2.55. The van der Waals surface area contributed by atoms with E-state index in [9.17, 15) is 59.3 Å². The van der Waals surface area contributed by atoms with Gasteiger partial charge in [-0.1, -0.05) is 12.1 Å². The number of pyridine rings is 1. The number of aromatic amines is 1. The van der Waals surface area contributed by atoms with Crippen LogP contribution in [0.5, 0.6) is 11.5 Å². The summed E-state index contributed by atoms with van der Waals surface area (Å²) in [7, 11) is 0. The number of aromatic nitrogens is 2. The van der Waals surface area contributed by atoms with Crippen LogP contribution in [0.25, 0.3) is 10.9 Å². The minimum atomic E-state index is -1.86. The van der Waals surface area contributed by atoms with Crippen molar-refractivity contribution < 1.29 is 58.9 Å². The third-order valence-corrected chi connectivity index (χ3v) is 9.91. The lowest BCUT2D eigenvalue weighted by molar-refractivity contribution is -0.384. The van der Waals surface area contributed by atoms with Crippen molar-refractivity contribution in [2.75, 3.05) is 11.5 Å². The van der Waals surface area contributed by atoms with Gasteiger partial charge in [-0.2, -0.15) is 0 Å². The lowest BCUT2D eigenvalue weighted by Crippen LogP contribution is -2.71. The fraction of sp³-hybridized carbons (Fsp3) is 0.310. The highest BCUT2D eigenvalue weighted by Crippen LogP contribution is 2.42. The molecule has 0 radical (unpaired) electrons. The zero-order valence-electron chi connectivity index (χ0n) is 27.4. The van der Waals surface area contributed by atoms with E-state index in [0.717, 1.165) is 40.3 Å².